The second kappa shape index (κ2) is 9.11. The van der Waals surface area contributed by atoms with Crippen molar-refractivity contribution >= 4 is 5.97 Å². The van der Waals surface area contributed by atoms with Gasteiger partial charge in [-0.15, -0.1) is 0 Å². The van der Waals surface area contributed by atoms with Crippen molar-refractivity contribution in [1.82, 2.24) is 4.57 Å². The van der Waals surface area contributed by atoms with Gasteiger partial charge in [-0.25, -0.2) is 4.79 Å². The number of benzene rings is 2. The highest BCUT2D eigenvalue weighted by molar-refractivity contribution is 5.98. The van der Waals surface area contributed by atoms with Crippen molar-refractivity contribution in [3.05, 3.63) is 77.1 Å². The summed E-state index contributed by atoms with van der Waals surface area (Å²) in [6.07, 6.45) is 0.643. The van der Waals surface area contributed by atoms with Gasteiger partial charge in [-0.05, 0) is 36.6 Å². The Labute approximate surface area is 171 Å². The Morgan fingerprint density at radius 2 is 1.76 bits per heavy atom. The molecule has 1 heterocycles. The first-order chi connectivity index (χ1) is 14.1. The Morgan fingerprint density at radius 3 is 2.34 bits per heavy atom. The van der Waals surface area contributed by atoms with Crippen molar-refractivity contribution in [3.63, 3.8) is 0 Å². The number of hydrogen-bond acceptors (Lipinski definition) is 4. The number of carbonyl (C=O) groups excluding carboxylic acids is 1. The van der Waals surface area contributed by atoms with Gasteiger partial charge in [0.2, 0.25) is 0 Å². The summed E-state index contributed by atoms with van der Waals surface area (Å²) in [4.78, 5) is 12.6. The molecule has 0 atom stereocenters. The van der Waals surface area contributed by atoms with Crippen LogP contribution in [0.4, 0.5) is 0 Å². The molecule has 5 nitrogen and oxygen atoms in total. The maximum atomic E-state index is 12.6. The predicted octanol–water partition coefficient (Wildman–Crippen LogP) is 4.88. The van der Waals surface area contributed by atoms with Crippen molar-refractivity contribution < 1.29 is 14.3 Å². The molecule has 3 aromatic rings. The van der Waals surface area contributed by atoms with E-state index in [1.807, 2.05) is 61.5 Å². The lowest BCUT2D eigenvalue weighted by atomic mass is 10.00. The Balaban J connectivity index is 1.95. The molecular formula is C24H24N2O3. The molecule has 0 fully saturated rings. The Bertz CT molecular complexity index is 1030. The van der Waals surface area contributed by atoms with Gasteiger partial charge >= 0.3 is 5.97 Å². The third-order valence-electron chi connectivity index (χ3n) is 4.82. The van der Waals surface area contributed by atoms with E-state index in [0.717, 1.165) is 22.6 Å². The van der Waals surface area contributed by atoms with Gasteiger partial charge in [-0.1, -0.05) is 49.4 Å². The van der Waals surface area contributed by atoms with E-state index in [1.165, 1.54) is 0 Å². The van der Waals surface area contributed by atoms with Crippen LogP contribution in [0.1, 0.15) is 41.2 Å². The first-order valence-electron chi connectivity index (χ1n) is 9.66. The van der Waals surface area contributed by atoms with Crippen LogP contribution in [-0.4, -0.2) is 17.1 Å². The van der Waals surface area contributed by atoms with Crippen LogP contribution in [0.3, 0.4) is 0 Å². The summed E-state index contributed by atoms with van der Waals surface area (Å²) in [5.41, 5.74) is 4.21. The Morgan fingerprint density at radius 1 is 1.07 bits per heavy atom. The van der Waals surface area contributed by atoms with Crippen molar-refractivity contribution in [3.8, 4) is 22.9 Å². The van der Waals surface area contributed by atoms with E-state index in [9.17, 15) is 10.1 Å². The molecule has 0 amide bonds. The minimum Gasteiger partial charge on any atom is -0.489 e. The molecule has 0 aliphatic carbocycles. The van der Waals surface area contributed by atoms with Gasteiger partial charge in [0.15, 0.2) is 0 Å². The molecule has 29 heavy (non-hydrogen) atoms. The zero-order valence-electron chi connectivity index (χ0n) is 16.9. The molecule has 0 saturated heterocycles. The maximum absolute atomic E-state index is 12.6. The van der Waals surface area contributed by atoms with Crippen LogP contribution in [-0.2, 0) is 24.8 Å². The average molecular weight is 388 g/mol. The molecule has 5 heteroatoms. The highest BCUT2D eigenvalue weighted by Gasteiger charge is 2.26. The van der Waals surface area contributed by atoms with Gasteiger partial charge in [0.1, 0.15) is 24.1 Å². The second-order valence-electron chi connectivity index (χ2n) is 6.59. The molecule has 0 spiro atoms. The smallest absolute Gasteiger partial charge is 0.355 e. The van der Waals surface area contributed by atoms with Crippen LogP contribution < -0.4 is 4.74 Å². The molecule has 3 rings (SSSR count). The molecule has 148 valence electrons. The van der Waals surface area contributed by atoms with E-state index in [0.29, 0.717) is 29.8 Å². The number of ether oxygens (including phenoxy) is 2. The highest BCUT2D eigenvalue weighted by Crippen LogP contribution is 2.34. The monoisotopic (exact) mass is 388 g/mol. The lowest BCUT2D eigenvalue weighted by Gasteiger charge is -2.10. The minimum absolute atomic E-state index is 0.277. The van der Waals surface area contributed by atoms with Crippen LogP contribution >= 0.6 is 0 Å². The van der Waals surface area contributed by atoms with E-state index in [1.54, 1.807) is 18.5 Å². The summed E-state index contributed by atoms with van der Waals surface area (Å²) in [6.45, 7) is 4.49. The second-order valence-corrected chi connectivity index (χ2v) is 6.59. The first-order valence-corrected chi connectivity index (χ1v) is 9.66. The van der Waals surface area contributed by atoms with Crippen LogP contribution in [0.2, 0.25) is 0 Å². The summed E-state index contributed by atoms with van der Waals surface area (Å²) >= 11 is 0. The van der Waals surface area contributed by atoms with E-state index in [2.05, 4.69) is 6.07 Å². The summed E-state index contributed by atoms with van der Waals surface area (Å²) < 4.78 is 12.9. The lowest BCUT2D eigenvalue weighted by molar-refractivity contribution is 0.0516. The van der Waals surface area contributed by atoms with Crippen molar-refractivity contribution in [2.24, 2.45) is 7.05 Å². The SMILES string of the molecule is CCOC(=O)c1c(-c2ccc(OCc3ccccc3)cc2)c(C#N)c(CC)n1C. The molecule has 0 aliphatic rings. The molecule has 0 radical (unpaired) electrons. The van der Waals surface area contributed by atoms with Gasteiger partial charge in [-0.3, -0.25) is 0 Å². The molecule has 0 N–H and O–H groups in total. The van der Waals surface area contributed by atoms with Gasteiger partial charge in [0.25, 0.3) is 0 Å². The molecule has 0 unspecified atom stereocenters. The number of esters is 1. The zero-order chi connectivity index (χ0) is 20.8. The van der Waals surface area contributed by atoms with Crippen LogP contribution in [0.15, 0.2) is 54.6 Å². The van der Waals surface area contributed by atoms with Crippen LogP contribution in [0, 0.1) is 11.3 Å². The quantitative estimate of drug-likeness (QED) is 0.541. The largest absolute Gasteiger partial charge is 0.489 e. The maximum Gasteiger partial charge on any atom is 0.355 e. The highest BCUT2D eigenvalue weighted by atomic mass is 16.5. The number of carbonyl (C=O) groups is 1. The third kappa shape index (κ3) is 4.17. The zero-order valence-corrected chi connectivity index (χ0v) is 16.9. The standard InChI is InChI=1S/C24H24N2O3/c1-4-21-20(15-25)22(23(26(21)3)24(27)28-5-2)18-11-13-19(14-12-18)29-16-17-9-7-6-8-10-17/h6-14H,4-5,16H2,1-3H3. The molecular weight excluding hydrogens is 364 g/mol. The summed E-state index contributed by atoms with van der Waals surface area (Å²) in [5.74, 6) is 0.297. The van der Waals surface area contributed by atoms with E-state index in [4.69, 9.17) is 9.47 Å². The normalized spacial score (nSPS) is 10.4. The Hall–Kier alpha value is -3.52. The molecule has 0 aliphatic heterocycles. The van der Waals surface area contributed by atoms with Crippen LogP contribution in [0.5, 0.6) is 5.75 Å². The molecule has 1 aromatic heterocycles. The summed E-state index contributed by atoms with van der Waals surface area (Å²) in [5, 5.41) is 9.77. The van der Waals surface area contributed by atoms with Gasteiger partial charge in [-0.2, -0.15) is 5.26 Å². The first kappa shape index (κ1) is 20.2. The van der Waals surface area contributed by atoms with E-state index < -0.39 is 5.97 Å². The fraction of sp³-hybridized carbons (Fsp3) is 0.250. The predicted molar refractivity (Wildman–Crippen MR) is 112 cm³/mol. The molecule has 2 aromatic carbocycles. The summed E-state index contributed by atoms with van der Waals surface area (Å²) in [6, 6.07) is 19.7. The fourth-order valence-electron chi connectivity index (χ4n) is 3.45. The number of rotatable bonds is 7. The van der Waals surface area contributed by atoms with Gasteiger partial charge in [0.05, 0.1) is 12.2 Å². The molecule has 0 saturated carbocycles. The number of nitrogens with zero attached hydrogens (tertiary/aromatic N) is 2. The molecule has 0 bridgehead atoms. The van der Waals surface area contributed by atoms with Gasteiger partial charge in [0, 0.05) is 18.3 Å². The average Bonchev–Trinajstić information content (AvgIpc) is 3.05. The number of hydrogen-bond donors (Lipinski definition) is 0. The topological polar surface area (TPSA) is 64.2 Å². The number of nitriles is 1. The summed E-state index contributed by atoms with van der Waals surface area (Å²) in [7, 11) is 1.80. The van der Waals surface area contributed by atoms with Gasteiger partial charge < -0.3 is 14.0 Å². The number of aromatic nitrogens is 1. The van der Waals surface area contributed by atoms with Crippen LogP contribution in [0.25, 0.3) is 11.1 Å². The minimum atomic E-state index is -0.425. The third-order valence-corrected chi connectivity index (χ3v) is 4.82. The Kier molecular flexibility index (Phi) is 6.36. The van der Waals surface area contributed by atoms with E-state index in [-0.39, 0.29) is 6.61 Å². The van der Waals surface area contributed by atoms with E-state index >= 15 is 0 Å². The van der Waals surface area contributed by atoms with Crippen molar-refractivity contribution in [1.29, 1.82) is 5.26 Å². The lowest BCUT2D eigenvalue weighted by Crippen LogP contribution is -2.12. The van der Waals surface area contributed by atoms with Crippen molar-refractivity contribution in [2.45, 2.75) is 26.9 Å². The fourth-order valence-corrected chi connectivity index (χ4v) is 3.45. The van der Waals surface area contributed by atoms with Crippen molar-refractivity contribution in [2.75, 3.05) is 6.61 Å².